The predicted octanol–water partition coefficient (Wildman–Crippen LogP) is 3.11. The molecule has 5 nitrogen and oxygen atoms in total. The van der Waals surface area contributed by atoms with Gasteiger partial charge in [0.25, 0.3) is 0 Å². The third kappa shape index (κ3) is 5.99. The highest BCUT2D eigenvalue weighted by atomic mass is 16.5. The average Bonchev–Trinajstić information content (AvgIpc) is 2.62. The second-order valence-electron chi connectivity index (χ2n) is 7.75. The number of amides is 1. The lowest BCUT2D eigenvalue weighted by molar-refractivity contribution is 0.0717. The summed E-state index contributed by atoms with van der Waals surface area (Å²) < 4.78 is 5.16. The van der Waals surface area contributed by atoms with Gasteiger partial charge in [-0.05, 0) is 43.8 Å². The standard InChI is InChI=1S/C21H33N3O2/c1-2-3-13-26-21(25)22-20-16-24(17-20)15-19-9-11-23(12-10-19)14-18-7-5-4-6-8-18/h4-8,19-20H,2-3,9-17H2,1H3,(H,22,25). The molecule has 5 heteroatoms. The molecular formula is C21H33N3O2. The first-order valence-corrected chi connectivity index (χ1v) is 10.1. The maximum absolute atomic E-state index is 11.6. The van der Waals surface area contributed by atoms with Crippen LogP contribution in [0.5, 0.6) is 0 Å². The van der Waals surface area contributed by atoms with Crippen molar-refractivity contribution in [3.05, 3.63) is 35.9 Å². The summed E-state index contributed by atoms with van der Waals surface area (Å²) in [5, 5.41) is 2.97. The fourth-order valence-electron chi connectivity index (χ4n) is 3.86. The molecule has 1 aromatic rings. The molecule has 1 N–H and O–H groups in total. The van der Waals surface area contributed by atoms with E-state index in [1.165, 1.54) is 38.0 Å². The van der Waals surface area contributed by atoms with Gasteiger partial charge in [-0.25, -0.2) is 4.79 Å². The van der Waals surface area contributed by atoms with E-state index in [1.807, 2.05) is 0 Å². The van der Waals surface area contributed by atoms with Gasteiger partial charge in [0.2, 0.25) is 0 Å². The van der Waals surface area contributed by atoms with Gasteiger partial charge in [-0.15, -0.1) is 0 Å². The summed E-state index contributed by atoms with van der Waals surface area (Å²) >= 11 is 0. The molecule has 26 heavy (non-hydrogen) atoms. The first-order chi connectivity index (χ1) is 12.7. The van der Waals surface area contributed by atoms with E-state index in [-0.39, 0.29) is 12.1 Å². The Morgan fingerprint density at radius 2 is 1.88 bits per heavy atom. The number of alkyl carbamates (subject to hydrolysis) is 1. The Hall–Kier alpha value is -1.59. The van der Waals surface area contributed by atoms with E-state index in [0.717, 1.165) is 38.4 Å². The van der Waals surface area contributed by atoms with Crippen molar-refractivity contribution in [3.63, 3.8) is 0 Å². The highest BCUT2D eigenvalue weighted by Gasteiger charge is 2.31. The molecule has 2 fully saturated rings. The summed E-state index contributed by atoms with van der Waals surface area (Å²) in [6.45, 7) is 9.18. The van der Waals surface area contributed by atoms with Gasteiger partial charge in [-0.2, -0.15) is 0 Å². The van der Waals surface area contributed by atoms with Crippen molar-refractivity contribution in [2.75, 3.05) is 39.3 Å². The highest BCUT2D eigenvalue weighted by Crippen LogP contribution is 2.22. The molecule has 2 saturated heterocycles. The van der Waals surface area contributed by atoms with Crippen LogP contribution >= 0.6 is 0 Å². The van der Waals surface area contributed by atoms with Crippen LogP contribution in [0.3, 0.4) is 0 Å². The van der Waals surface area contributed by atoms with Gasteiger partial charge in [0.05, 0.1) is 12.6 Å². The zero-order valence-corrected chi connectivity index (χ0v) is 16.0. The Bertz CT molecular complexity index is 537. The molecule has 2 aliphatic rings. The van der Waals surface area contributed by atoms with Gasteiger partial charge in [-0.3, -0.25) is 9.80 Å². The number of hydrogen-bond donors (Lipinski definition) is 1. The van der Waals surface area contributed by atoms with Crippen LogP contribution in [-0.4, -0.2) is 61.3 Å². The van der Waals surface area contributed by atoms with Crippen LogP contribution in [0.25, 0.3) is 0 Å². The van der Waals surface area contributed by atoms with E-state index in [4.69, 9.17) is 4.74 Å². The summed E-state index contributed by atoms with van der Waals surface area (Å²) in [7, 11) is 0. The minimum atomic E-state index is -0.252. The maximum Gasteiger partial charge on any atom is 0.407 e. The minimum absolute atomic E-state index is 0.252. The van der Waals surface area contributed by atoms with Crippen LogP contribution in [0, 0.1) is 5.92 Å². The van der Waals surface area contributed by atoms with Gasteiger partial charge < -0.3 is 10.1 Å². The number of rotatable bonds is 8. The number of nitrogens with one attached hydrogen (secondary N) is 1. The lowest BCUT2D eigenvalue weighted by Crippen LogP contribution is -2.60. The first-order valence-electron chi connectivity index (χ1n) is 10.1. The van der Waals surface area contributed by atoms with Gasteiger partial charge in [0.1, 0.15) is 0 Å². The van der Waals surface area contributed by atoms with Gasteiger partial charge in [0, 0.05) is 26.2 Å². The van der Waals surface area contributed by atoms with Crippen molar-refractivity contribution in [1.29, 1.82) is 0 Å². The highest BCUT2D eigenvalue weighted by molar-refractivity contribution is 5.67. The van der Waals surface area contributed by atoms with E-state index >= 15 is 0 Å². The van der Waals surface area contributed by atoms with Crippen LogP contribution in [0.1, 0.15) is 38.2 Å². The Labute approximate surface area is 157 Å². The number of carbonyl (C=O) groups is 1. The number of ether oxygens (including phenoxy) is 1. The number of piperidine rings is 1. The Morgan fingerprint density at radius 3 is 2.58 bits per heavy atom. The van der Waals surface area contributed by atoms with Gasteiger partial charge in [-0.1, -0.05) is 43.7 Å². The van der Waals surface area contributed by atoms with Crippen LogP contribution in [0.2, 0.25) is 0 Å². The zero-order chi connectivity index (χ0) is 18.2. The van der Waals surface area contributed by atoms with Crippen molar-refractivity contribution < 1.29 is 9.53 Å². The summed E-state index contributed by atoms with van der Waals surface area (Å²) in [6.07, 6.45) is 4.29. The topological polar surface area (TPSA) is 44.8 Å². The van der Waals surface area contributed by atoms with Crippen molar-refractivity contribution in [3.8, 4) is 0 Å². The molecule has 144 valence electrons. The molecule has 0 unspecified atom stereocenters. The molecule has 0 aliphatic carbocycles. The number of hydrogen-bond acceptors (Lipinski definition) is 4. The van der Waals surface area contributed by atoms with Crippen LogP contribution < -0.4 is 5.32 Å². The van der Waals surface area contributed by atoms with Crippen LogP contribution in [0.4, 0.5) is 4.79 Å². The molecule has 2 heterocycles. The number of benzene rings is 1. The van der Waals surface area contributed by atoms with Crippen molar-refractivity contribution >= 4 is 6.09 Å². The number of unbranched alkanes of at least 4 members (excludes halogenated alkanes) is 1. The van der Waals surface area contributed by atoms with Crippen molar-refractivity contribution in [1.82, 2.24) is 15.1 Å². The number of nitrogens with zero attached hydrogens (tertiary/aromatic N) is 2. The summed E-state index contributed by atoms with van der Waals surface area (Å²) in [6, 6.07) is 11.0. The van der Waals surface area contributed by atoms with E-state index in [2.05, 4.69) is 52.4 Å². The minimum Gasteiger partial charge on any atom is -0.450 e. The maximum atomic E-state index is 11.6. The summed E-state index contributed by atoms with van der Waals surface area (Å²) in [5.74, 6) is 0.791. The van der Waals surface area contributed by atoms with Crippen LogP contribution in [0.15, 0.2) is 30.3 Å². The van der Waals surface area contributed by atoms with Crippen LogP contribution in [-0.2, 0) is 11.3 Å². The zero-order valence-electron chi connectivity index (χ0n) is 16.0. The second-order valence-corrected chi connectivity index (χ2v) is 7.75. The monoisotopic (exact) mass is 359 g/mol. The molecule has 1 aromatic carbocycles. The smallest absolute Gasteiger partial charge is 0.407 e. The van der Waals surface area contributed by atoms with Crippen molar-refractivity contribution in [2.45, 2.75) is 45.2 Å². The van der Waals surface area contributed by atoms with E-state index in [0.29, 0.717) is 6.61 Å². The molecule has 0 bridgehead atoms. The Morgan fingerprint density at radius 1 is 1.15 bits per heavy atom. The molecule has 0 saturated carbocycles. The largest absolute Gasteiger partial charge is 0.450 e. The van der Waals surface area contributed by atoms with Gasteiger partial charge >= 0.3 is 6.09 Å². The third-order valence-corrected chi connectivity index (χ3v) is 5.48. The second kappa shape index (κ2) is 9.93. The van der Waals surface area contributed by atoms with E-state index in [1.54, 1.807) is 0 Å². The third-order valence-electron chi connectivity index (χ3n) is 5.48. The molecule has 0 spiro atoms. The number of carbonyl (C=O) groups excluding carboxylic acids is 1. The average molecular weight is 360 g/mol. The fourth-order valence-corrected chi connectivity index (χ4v) is 3.86. The van der Waals surface area contributed by atoms with E-state index in [9.17, 15) is 4.79 Å². The van der Waals surface area contributed by atoms with Crippen molar-refractivity contribution in [2.24, 2.45) is 5.92 Å². The molecule has 1 amide bonds. The Balaban J connectivity index is 1.26. The molecule has 0 radical (unpaired) electrons. The SMILES string of the molecule is CCCCOC(=O)NC1CN(CC2CCN(Cc3ccccc3)CC2)C1. The molecule has 0 aromatic heterocycles. The first kappa shape index (κ1) is 19.2. The lowest BCUT2D eigenvalue weighted by atomic mass is 9.94. The van der Waals surface area contributed by atoms with E-state index < -0.39 is 0 Å². The lowest BCUT2D eigenvalue weighted by Gasteiger charge is -2.42. The Kier molecular flexibility index (Phi) is 7.32. The number of likely N-dealkylation sites (tertiary alicyclic amines) is 2. The predicted molar refractivity (Wildman–Crippen MR) is 104 cm³/mol. The fraction of sp³-hybridized carbons (Fsp3) is 0.667. The summed E-state index contributed by atoms with van der Waals surface area (Å²) in [4.78, 5) is 16.7. The molecule has 2 aliphatic heterocycles. The quantitative estimate of drug-likeness (QED) is 0.725. The molecule has 3 rings (SSSR count). The molecular weight excluding hydrogens is 326 g/mol. The molecule has 0 atom stereocenters. The summed E-state index contributed by atoms with van der Waals surface area (Å²) in [5.41, 5.74) is 1.41. The van der Waals surface area contributed by atoms with Gasteiger partial charge in [0.15, 0.2) is 0 Å². The normalized spacial score (nSPS) is 19.9.